The van der Waals surface area contributed by atoms with E-state index in [0.29, 0.717) is 37.8 Å². The number of nitrogens with one attached hydrogen (secondary N) is 1. The summed E-state index contributed by atoms with van der Waals surface area (Å²) in [5.41, 5.74) is 0. The van der Waals surface area contributed by atoms with Gasteiger partial charge in [-0.2, -0.15) is 0 Å². The summed E-state index contributed by atoms with van der Waals surface area (Å²) in [5.74, 6) is -0.142. The molecule has 1 aromatic carbocycles. The third-order valence-corrected chi connectivity index (χ3v) is 6.58. The number of hydrogen-bond acceptors (Lipinski definition) is 5. The quantitative estimate of drug-likeness (QED) is 0.723. The van der Waals surface area contributed by atoms with Gasteiger partial charge in [0.25, 0.3) is 5.91 Å². The minimum Gasteiger partial charge on any atom is -0.368 e. The van der Waals surface area contributed by atoms with Crippen molar-refractivity contribution in [3.8, 4) is 0 Å². The summed E-state index contributed by atoms with van der Waals surface area (Å²) in [4.78, 5) is 28.1. The monoisotopic (exact) mass is 429 g/mol. The second kappa shape index (κ2) is 9.21. The summed E-state index contributed by atoms with van der Waals surface area (Å²) in [5, 5.41) is 0.328. The van der Waals surface area contributed by atoms with Crippen LogP contribution in [0.3, 0.4) is 0 Å². The molecule has 0 bridgehead atoms. The number of rotatable bonds is 6. The molecule has 8 nitrogen and oxygen atoms in total. The molecule has 2 amide bonds. The number of carbonyl (C=O) groups is 2. The first kappa shape index (κ1) is 21.0. The first-order valence-electron chi connectivity index (χ1n) is 9.30. The predicted molar refractivity (Wildman–Crippen MR) is 103 cm³/mol. The Morgan fingerprint density at radius 1 is 1.18 bits per heavy atom. The van der Waals surface area contributed by atoms with Crippen molar-refractivity contribution in [3.05, 3.63) is 29.3 Å². The molecular formula is C18H24ClN3O5S. The molecule has 3 rings (SSSR count). The highest BCUT2D eigenvalue weighted by Crippen LogP contribution is 2.17. The molecule has 28 heavy (non-hydrogen) atoms. The Hall–Kier alpha value is -1.68. The van der Waals surface area contributed by atoms with Gasteiger partial charge in [-0.25, -0.2) is 13.1 Å². The van der Waals surface area contributed by atoms with Crippen LogP contribution in [0.25, 0.3) is 0 Å². The summed E-state index contributed by atoms with van der Waals surface area (Å²) < 4.78 is 32.3. The van der Waals surface area contributed by atoms with Gasteiger partial charge in [0.05, 0.1) is 4.90 Å². The van der Waals surface area contributed by atoms with Crippen LogP contribution in [0.5, 0.6) is 0 Å². The first-order chi connectivity index (χ1) is 13.4. The number of hydrogen-bond donors (Lipinski definition) is 1. The standard InChI is InChI=1S/C18H24ClN3O5S/c19-14-3-1-4-15(13-14)28(25,26)20-7-6-17(23)21-8-10-22(11-9-21)18(24)16-5-2-12-27-16/h1,3-4,13,16,20H,2,5-12H2. The predicted octanol–water partition coefficient (Wildman–Crippen LogP) is 0.858. The van der Waals surface area contributed by atoms with E-state index in [1.807, 2.05) is 0 Å². The fraction of sp³-hybridized carbons (Fsp3) is 0.556. The number of nitrogens with zero attached hydrogens (tertiary/aromatic N) is 2. The number of piperazine rings is 1. The first-order valence-corrected chi connectivity index (χ1v) is 11.2. The molecule has 0 spiro atoms. The topological polar surface area (TPSA) is 96.0 Å². The van der Waals surface area contributed by atoms with E-state index in [0.717, 1.165) is 12.8 Å². The molecule has 0 saturated carbocycles. The second-order valence-corrected chi connectivity index (χ2v) is 9.02. The normalized spacial score (nSPS) is 20.4. The van der Waals surface area contributed by atoms with Crippen molar-refractivity contribution in [2.24, 2.45) is 0 Å². The van der Waals surface area contributed by atoms with Crippen LogP contribution in [0.4, 0.5) is 0 Å². The van der Waals surface area contributed by atoms with Gasteiger partial charge in [0.2, 0.25) is 15.9 Å². The van der Waals surface area contributed by atoms with Gasteiger partial charge in [0.1, 0.15) is 6.10 Å². The lowest BCUT2D eigenvalue weighted by atomic mass is 10.2. The molecular weight excluding hydrogens is 406 g/mol. The fourth-order valence-electron chi connectivity index (χ4n) is 3.32. The highest BCUT2D eigenvalue weighted by Gasteiger charge is 2.31. The van der Waals surface area contributed by atoms with Gasteiger partial charge in [-0.05, 0) is 31.0 Å². The van der Waals surface area contributed by atoms with Gasteiger partial charge in [-0.15, -0.1) is 0 Å². The van der Waals surface area contributed by atoms with Crippen molar-refractivity contribution < 1.29 is 22.7 Å². The summed E-state index contributed by atoms with van der Waals surface area (Å²) >= 11 is 5.82. The van der Waals surface area contributed by atoms with E-state index in [1.54, 1.807) is 21.9 Å². The third-order valence-electron chi connectivity index (χ3n) is 4.89. The van der Waals surface area contributed by atoms with Gasteiger partial charge >= 0.3 is 0 Å². The van der Waals surface area contributed by atoms with Crippen LogP contribution in [0.2, 0.25) is 5.02 Å². The van der Waals surface area contributed by atoms with Crippen LogP contribution >= 0.6 is 11.6 Å². The average molecular weight is 430 g/mol. The molecule has 2 fully saturated rings. The van der Waals surface area contributed by atoms with Crippen LogP contribution in [0.15, 0.2) is 29.2 Å². The van der Waals surface area contributed by atoms with Crippen molar-refractivity contribution in [1.29, 1.82) is 0 Å². The van der Waals surface area contributed by atoms with Gasteiger partial charge in [-0.1, -0.05) is 17.7 Å². The Bertz CT molecular complexity index is 818. The molecule has 1 aromatic rings. The zero-order valence-electron chi connectivity index (χ0n) is 15.5. The van der Waals surface area contributed by atoms with Crippen molar-refractivity contribution >= 4 is 33.4 Å². The minimum absolute atomic E-state index is 0.00104. The average Bonchev–Trinajstić information content (AvgIpc) is 3.22. The molecule has 0 radical (unpaired) electrons. The van der Waals surface area contributed by atoms with Crippen LogP contribution in [0, 0.1) is 0 Å². The van der Waals surface area contributed by atoms with Crippen molar-refractivity contribution in [3.63, 3.8) is 0 Å². The van der Waals surface area contributed by atoms with Gasteiger partial charge in [0, 0.05) is 50.8 Å². The van der Waals surface area contributed by atoms with Gasteiger partial charge < -0.3 is 14.5 Å². The van der Waals surface area contributed by atoms with E-state index in [1.165, 1.54) is 12.1 Å². The zero-order chi connectivity index (χ0) is 20.1. The molecule has 2 aliphatic rings. The number of benzene rings is 1. The largest absolute Gasteiger partial charge is 0.368 e. The molecule has 2 heterocycles. The molecule has 0 aliphatic carbocycles. The highest BCUT2D eigenvalue weighted by atomic mass is 35.5. The maximum absolute atomic E-state index is 12.3. The lowest BCUT2D eigenvalue weighted by molar-refractivity contribution is -0.145. The molecule has 2 saturated heterocycles. The SMILES string of the molecule is O=C(CCNS(=O)(=O)c1cccc(Cl)c1)N1CCN(C(=O)C2CCCO2)CC1. The Morgan fingerprint density at radius 3 is 2.54 bits per heavy atom. The van der Waals surface area contributed by atoms with E-state index >= 15 is 0 Å². The number of halogens is 1. The Balaban J connectivity index is 1.43. The summed E-state index contributed by atoms with van der Waals surface area (Å²) in [7, 11) is -3.71. The Morgan fingerprint density at radius 2 is 1.89 bits per heavy atom. The summed E-state index contributed by atoms with van der Waals surface area (Å²) in [6.45, 7) is 2.46. The van der Waals surface area contributed by atoms with Crippen molar-refractivity contribution in [1.82, 2.24) is 14.5 Å². The number of carbonyl (C=O) groups excluding carboxylic acids is 2. The minimum atomic E-state index is -3.71. The molecule has 0 aromatic heterocycles. The smallest absolute Gasteiger partial charge is 0.251 e. The molecule has 2 aliphatic heterocycles. The zero-order valence-corrected chi connectivity index (χ0v) is 17.0. The Labute approximate surface area is 169 Å². The van der Waals surface area contributed by atoms with Gasteiger partial charge in [0.15, 0.2) is 0 Å². The van der Waals surface area contributed by atoms with E-state index in [4.69, 9.17) is 16.3 Å². The lowest BCUT2D eigenvalue weighted by Crippen LogP contribution is -2.53. The Kier molecular flexibility index (Phi) is 6.92. The molecule has 1 N–H and O–H groups in total. The number of ether oxygens (including phenoxy) is 1. The van der Waals surface area contributed by atoms with Crippen LogP contribution in [-0.4, -0.2) is 75.5 Å². The lowest BCUT2D eigenvalue weighted by Gasteiger charge is -2.35. The van der Waals surface area contributed by atoms with Crippen molar-refractivity contribution in [2.75, 3.05) is 39.3 Å². The van der Waals surface area contributed by atoms with Crippen LogP contribution < -0.4 is 4.72 Å². The van der Waals surface area contributed by atoms with Crippen LogP contribution in [-0.2, 0) is 24.3 Å². The summed E-state index contributed by atoms with van der Waals surface area (Å²) in [6, 6.07) is 5.95. The molecule has 154 valence electrons. The molecule has 1 unspecified atom stereocenters. The second-order valence-electron chi connectivity index (χ2n) is 6.81. The van der Waals surface area contributed by atoms with Crippen LogP contribution in [0.1, 0.15) is 19.3 Å². The number of sulfonamides is 1. The number of amides is 2. The molecule has 10 heteroatoms. The third kappa shape index (κ3) is 5.22. The van der Waals surface area contributed by atoms with Gasteiger partial charge in [-0.3, -0.25) is 9.59 Å². The highest BCUT2D eigenvalue weighted by molar-refractivity contribution is 7.89. The maximum atomic E-state index is 12.3. The van der Waals surface area contributed by atoms with E-state index in [-0.39, 0.29) is 35.8 Å². The summed E-state index contributed by atoms with van der Waals surface area (Å²) in [6.07, 6.45) is 1.37. The van der Waals surface area contributed by atoms with E-state index in [2.05, 4.69) is 4.72 Å². The molecule has 1 atom stereocenters. The van der Waals surface area contributed by atoms with E-state index < -0.39 is 10.0 Å². The van der Waals surface area contributed by atoms with Crippen molar-refractivity contribution in [2.45, 2.75) is 30.3 Å². The maximum Gasteiger partial charge on any atom is 0.251 e. The van der Waals surface area contributed by atoms with E-state index in [9.17, 15) is 18.0 Å². The fourth-order valence-corrected chi connectivity index (χ4v) is 4.65.